The van der Waals surface area contributed by atoms with E-state index in [9.17, 15) is 9.13 Å². The lowest BCUT2D eigenvalue weighted by Crippen LogP contribution is -2.06. The molecule has 0 aliphatic rings. The van der Waals surface area contributed by atoms with Gasteiger partial charge in [0.25, 0.3) is 0 Å². The Morgan fingerprint density at radius 1 is 0.375 bits per heavy atom. The predicted molar refractivity (Wildman–Crippen MR) is 193 cm³/mol. The molecule has 260 valence electrons. The van der Waals surface area contributed by atoms with Crippen LogP contribution in [-0.4, -0.2) is 13.2 Å². The van der Waals surface area contributed by atoms with Gasteiger partial charge in [0, 0.05) is 0 Å². The van der Waals surface area contributed by atoms with E-state index >= 15 is 0 Å². The molecule has 0 unspecified atom stereocenters. The molecule has 0 saturated carbocycles. The summed E-state index contributed by atoms with van der Waals surface area (Å²) in [5.41, 5.74) is 0. The molecule has 4 aromatic rings. The van der Waals surface area contributed by atoms with Crippen molar-refractivity contribution in [3.63, 3.8) is 0 Å². The van der Waals surface area contributed by atoms with Crippen molar-refractivity contribution < 1.29 is 36.3 Å². The minimum Gasteiger partial charge on any atom is -0.395 e. The Morgan fingerprint density at radius 2 is 0.646 bits per heavy atom. The van der Waals surface area contributed by atoms with E-state index in [0.29, 0.717) is 36.2 Å². The Kier molecular flexibility index (Phi) is 18.6. The van der Waals surface area contributed by atoms with E-state index < -0.39 is 15.6 Å². The molecular weight excluding hydrogens is 646 g/mol. The molecule has 0 aromatic heterocycles. The van der Waals surface area contributed by atoms with Gasteiger partial charge in [-0.2, -0.15) is 0 Å². The van der Waals surface area contributed by atoms with E-state index in [1.807, 2.05) is 55.5 Å². The monoisotopic (exact) mass is 696 g/mol. The summed E-state index contributed by atoms with van der Waals surface area (Å²) >= 11 is 0. The molecule has 8 nitrogen and oxygen atoms in total. The third-order valence-electron chi connectivity index (χ3n) is 6.84. The number of phosphoric acid groups is 2. The number of unbranched alkanes of at least 4 members (excludes halogenated alkanes) is 8. The summed E-state index contributed by atoms with van der Waals surface area (Å²) in [5, 5.41) is 0. The molecule has 0 heterocycles. The van der Waals surface area contributed by atoms with Crippen molar-refractivity contribution in [3.05, 3.63) is 121 Å². The summed E-state index contributed by atoms with van der Waals surface area (Å²) in [4.78, 5) is 0. The molecule has 4 rings (SSSR count). The SMILES string of the molecule is CCCCCCCCCCOP(=O)(Oc1ccccc1)Oc1ccccc1.CCCCOP(=O)(Oc1ccccc1)Oc1ccccc1. The summed E-state index contributed by atoms with van der Waals surface area (Å²) in [6.45, 7) is 4.94. The highest BCUT2D eigenvalue weighted by Gasteiger charge is 2.31. The van der Waals surface area contributed by atoms with Crippen LogP contribution in [0.25, 0.3) is 0 Å². The fourth-order valence-corrected chi connectivity index (χ4v) is 6.83. The molecule has 0 spiro atoms. The van der Waals surface area contributed by atoms with Crippen LogP contribution >= 0.6 is 15.6 Å². The van der Waals surface area contributed by atoms with E-state index in [1.165, 1.54) is 38.5 Å². The van der Waals surface area contributed by atoms with Gasteiger partial charge in [-0.15, -0.1) is 0 Å². The maximum atomic E-state index is 13.1. The quantitative estimate of drug-likeness (QED) is 0.0592. The maximum Gasteiger partial charge on any atom is 0.587 e. The molecule has 4 aromatic carbocycles. The Labute approximate surface area is 286 Å². The Morgan fingerprint density at radius 3 is 0.958 bits per heavy atom. The van der Waals surface area contributed by atoms with Gasteiger partial charge in [-0.1, -0.05) is 138 Å². The third kappa shape index (κ3) is 16.5. The van der Waals surface area contributed by atoms with Crippen LogP contribution in [0.4, 0.5) is 0 Å². The zero-order valence-electron chi connectivity index (χ0n) is 28.2. The lowest BCUT2D eigenvalue weighted by Gasteiger charge is -2.19. The van der Waals surface area contributed by atoms with Crippen molar-refractivity contribution in [3.8, 4) is 23.0 Å². The summed E-state index contributed by atoms with van der Waals surface area (Å²) in [7, 11) is -7.43. The van der Waals surface area contributed by atoms with Gasteiger partial charge in [0.1, 0.15) is 23.0 Å². The highest BCUT2D eigenvalue weighted by Crippen LogP contribution is 2.50. The molecule has 48 heavy (non-hydrogen) atoms. The van der Waals surface area contributed by atoms with Gasteiger partial charge in [-0.25, -0.2) is 9.13 Å². The van der Waals surface area contributed by atoms with Crippen LogP contribution in [0.3, 0.4) is 0 Å². The van der Waals surface area contributed by atoms with Gasteiger partial charge >= 0.3 is 15.6 Å². The fourth-order valence-electron chi connectivity index (χ4n) is 4.32. The molecule has 0 fully saturated rings. The van der Waals surface area contributed by atoms with Crippen molar-refractivity contribution in [2.75, 3.05) is 13.2 Å². The van der Waals surface area contributed by atoms with Gasteiger partial charge < -0.3 is 18.1 Å². The Balaban J connectivity index is 0.000000269. The van der Waals surface area contributed by atoms with Crippen LogP contribution in [-0.2, 0) is 18.2 Å². The highest BCUT2D eigenvalue weighted by molar-refractivity contribution is 7.49. The summed E-state index contributed by atoms with van der Waals surface area (Å²) in [6, 6.07) is 35.7. The lowest BCUT2D eigenvalue weighted by molar-refractivity contribution is 0.204. The topological polar surface area (TPSA) is 89.5 Å². The van der Waals surface area contributed by atoms with Crippen LogP contribution in [0.15, 0.2) is 121 Å². The van der Waals surface area contributed by atoms with E-state index in [2.05, 4.69) is 6.92 Å². The van der Waals surface area contributed by atoms with E-state index in [4.69, 9.17) is 27.1 Å². The second kappa shape index (κ2) is 22.9. The fraction of sp³-hybridized carbons (Fsp3) is 0.368. The second-order valence-corrected chi connectivity index (χ2v) is 14.0. The van der Waals surface area contributed by atoms with Crippen LogP contribution in [0.1, 0.15) is 78.1 Å². The summed E-state index contributed by atoms with van der Waals surface area (Å²) in [5.74, 6) is 1.84. The van der Waals surface area contributed by atoms with Crippen molar-refractivity contribution in [1.82, 2.24) is 0 Å². The van der Waals surface area contributed by atoms with Crippen LogP contribution in [0, 0.1) is 0 Å². The zero-order valence-corrected chi connectivity index (χ0v) is 30.0. The molecule has 0 aliphatic heterocycles. The third-order valence-corrected chi connectivity index (χ3v) is 9.57. The largest absolute Gasteiger partial charge is 0.587 e. The molecule has 0 radical (unpaired) electrons. The van der Waals surface area contributed by atoms with E-state index in [0.717, 1.165) is 25.7 Å². The first-order valence-corrected chi connectivity index (χ1v) is 19.8. The molecule has 0 amide bonds. The average Bonchev–Trinajstić information content (AvgIpc) is 3.09. The van der Waals surface area contributed by atoms with Crippen molar-refractivity contribution in [1.29, 1.82) is 0 Å². The first kappa shape index (κ1) is 38.9. The van der Waals surface area contributed by atoms with E-state index in [-0.39, 0.29) is 0 Å². The van der Waals surface area contributed by atoms with Gasteiger partial charge in [0.2, 0.25) is 0 Å². The first-order valence-electron chi connectivity index (χ1n) is 16.9. The molecule has 0 saturated heterocycles. The van der Waals surface area contributed by atoms with Gasteiger partial charge in [-0.05, 0) is 61.4 Å². The standard InChI is InChI=1S/C22H31O4P.C16H19O4P/c1-2-3-4-5-6-7-8-15-20-24-27(23,25-21-16-11-9-12-17-21)26-22-18-13-10-14-19-22;1-2-3-14-18-21(17,19-15-10-6-4-7-11-15)20-16-12-8-5-9-13-16/h9-14,16-19H,2-8,15,20H2,1H3;4-13H,2-3,14H2,1H3. The van der Waals surface area contributed by atoms with Gasteiger partial charge in [0.15, 0.2) is 0 Å². The molecule has 0 atom stereocenters. The highest BCUT2D eigenvalue weighted by atomic mass is 31.2. The van der Waals surface area contributed by atoms with E-state index in [1.54, 1.807) is 72.8 Å². The number of rotatable bonds is 22. The molecule has 0 N–H and O–H groups in total. The molecule has 0 bridgehead atoms. The molecule has 10 heteroatoms. The minimum absolute atomic E-state index is 0.327. The Hall–Kier alpha value is -3.54. The maximum absolute atomic E-state index is 13.1. The lowest BCUT2D eigenvalue weighted by atomic mass is 10.1. The number of benzene rings is 4. The number of phosphoric ester groups is 2. The number of hydrogen-bond acceptors (Lipinski definition) is 8. The summed E-state index contributed by atoms with van der Waals surface area (Å²) in [6.07, 6.45) is 11.3. The van der Waals surface area contributed by atoms with Crippen molar-refractivity contribution in [2.45, 2.75) is 78.1 Å². The van der Waals surface area contributed by atoms with Crippen LogP contribution < -0.4 is 18.1 Å². The number of para-hydroxylation sites is 4. The molecular formula is C38H50O8P2. The zero-order chi connectivity index (χ0) is 34.2. The number of hydrogen-bond donors (Lipinski definition) is 0. The van der Waals surface area contributed by atoms with Crippen LogP contribution in [0.2, 0.25) is 0 Å². The second-order valence-electron chi connectivity index (χ2n) is 11.0. The van der Waals surface area contributed by atoms with Crippen molar-refractivity contribution in [2.24, 2.45) is 0 Å². The Bertz CT molecular complexity index is 1370. The van der Waals surface area contributed by atoms with Crippen molar-refractivity contribution >= 4 is 15.6 Å². The first-order chi connectivity index (χ1) is 23.4. The summed E-state index contributed by atoms with van der Waals surface area (Å²) < 4.78 is 58.9. The predicted octanol–water partition coefficient (Wildman–Crippen LogP) is 12.5. The average molecular weight is 697 g/mol. The minimum atomic E-state index is -3.73. The van der Waals surface area contributed by atoms with Crippen LogP contribution in [0.5, 0.6) is 23.0 Å². The van der Waals surface area contributed by atoms with Gasteiger partial charge in [0.05, 0.1) is 13.2 Å². The smallest absolute Gasteiger partial charge is 0.395 e. The normalized spacial score (nSPS) is 11.2. The molecule has 0 aliphatic carbocycles. The van der Waals surface area contributed by atoms with Gasteiger partial charge in [-0.3, -0.25) is 9.05 Å².